The molecule has 3 rings (SSSR count). The van der Waals surface area contributed by atoms with Gasteiger partial charge in [0.15, 0.2) is 5.82 Å². The van der Waals surface area contributed by atoms with E-state index in [4.69, 9.17) is 0 Å². The van der Waals surface area contributed by atoms with Gasteiger partial charge in [-0.25, -0.2) is 4.98 Å². The fourth-order valence-electron chi connectivity index (χ4n) is 2.10. The summed E-state index contributed by atoms with van der Waals surface area (Å²) in [5.74, 6) is 0.925. The average Bonchev–Trinajstić information content (AvgIpc) is 2.77. The van der Waals surface area contributed by atoms with Gasteiger partial charge < -0.3 is 10.2 Å². The molecule has 0 aromatic carbocycles. The van der Waals surface area contributed by atoms with Gasteiger partial charge in [-0.2, -0.15) is 0 Å². The Kier molecular flexibility index (Phi) is 2.21. The first-order valence-electron chi connectivity index (χ1n) is 5.48. The predicted molar refractivity (Wildman–Crippen MR) is 60.5 cm³/mol. The minimum atomic E-state index is 0.434. The van der Waals surface area contributed by atoms with Crippen molar-refractivity contribution in [1.29, 1.82) is 0 Å². The summed E-state index contributed by atoms with van der Waals surface area (Å²) in [5, 5.41) is 11.4. The first kappa shape index (κ1) is 9.53. The Morgan fingerprint density at radius 1 is 1.50 bits per heavy atom. The molecule has 0 saturated carbocycles. The largest absolute Gasteiger partial charge is 0.348 e. The van der Waals surface area contributed by atoms with Crippen molar-refractivity contribution in [1.82, 2.24) is 24.9 Å². The van der Waals surface area contributed by atoms with E-state index in [1.165, 1.54) is 0 Å². The molecule has 3 heterocycles. The Bertz CT molecular complexity index is 493. The van der Waals surface area contributed by atoms with Crippen LogP contribution in [0.25, 0.3) is 5.65 Å². The molecule has 1 saturated heterocycles. The van der Waals surface area contributed by atoms with Crippen LogP contribution in [0.3, 0.4) is 0 Å². The van der Waals surface area contributed by atoms with Gasteiger partial charge >= 0.3 is 0 Å². The van der Waals surface area contributed by atoms with Crippen LogP contribution in [0.5, 0.6) is 0 Å². The number of nitrogens with one attached hydrogen (secondary N) is 1. The van der Waals surface area contributed by atoms with E-state index in [0.29, 0.717) is 6.04 Å². The number of anilines is 1. The van der Waals surface area contributed by atoms with E-state index in [-0.39, 0.29) is 0 Å². The van der Waals surface area contributed by atoms with Crippen LogP contribution in [0.2, 0.25) is 0 Å². The summed E-state index contributed by atoms with van der Waals surface area (Å²) in [6.45, 7) is 5.12. The minimum absolute atomic E-state index is 0.434. The second-order valence-corrected chi connectivity index (χ2v) is 4.06. The van der Waals surface area contributed by atoms with Gasteiger partial charge in [0, 0.05) is 38.1 Å². The molecule has 6 heteroatoms. The molecule has 0 aliphatic carbocycles. The molecule has 0 amide bonds. The van der Waals surface area contributed by atoms with Gasteiger partial charge in [0.1, 0.15) is 6.33 Å². The van der Waals surface area contributed by atoms with Crippen LogP contribution >= 0.6 is 0 Å². The normalized spacial score (nSPS) is 21.6. The quantitative estimate of drug-likeness (QED) is 0.725. The third-order valence-electron chi connectivity index (χ3n) is 2.97. The molecule has 16 heavy (non-hydrogen) atoms. The predicted octanol–water partition coefficient (Wildman–Crippen LogP) is -0.0776. The van der Waals surface area contributed by atoms with Crippen molar-refractivity contribution in [3.05, 3.63) is 18.7 Å². The molecular formula is C10H14N6. The summed E-state index contributed by atoms with van der Waals surface area (Å²) < 4.78 is 1.90. The standard InChI is InChI=1S/C10H14N6/c1-8-6-11-2-5-16(8)9-10-14-13-7-15(10)4-3-12-9/h3-4,7-8,11H,2,5-6H2,1H3/t8-/m0/s1. The van der Waals surface area contributed by atoms with Crippen LogP contribution in [-0.2, 0) is 0 Å². The third-order valence-corrected chi connectivity index (χ3v) is 2.97. The highest BCUT2D eigenvalue weighted by Gasteiger charge is 2.21. The Morgan fingerprint density at radius 3 is 3.31 bits per heavy atom. The van der Waals surface area contributed by atoms with Gasteiger partial charge in [-0.3, -0.25) is 4.40 Å². The van der Waals surface area contributed by atoms with E-state index in [0.717, 1.165) is 31.1 Å². The molecule has 0 radical (unpaired) electrons. The molecule has 0 spiro atoms. The summed E-state index contributed by atoms with van der Waals surface area (Å²) in [4.78, 5) is 6.71. The first-order valence-corrected chi connectivity index (χ1v) is 5.48. The highest BCUT2D eigenvalue weighted by atomic mass is 15.3. The van der Waals surface area contributed by atoms with E-state index in [2.05, 4.69) is 32.3 Å². The molecule has 1 N–H and O–H groups in total. The van der Waals surface area contributed by atoms with Crippen LogP contribution in [-0.4, -0.2) is 45.3 Å². The summed E-state index contributed by atoms with van der Waals surface area (Å²) in [6, 6.07) is 0.434. The second kappa shape index (κ2) is 3.71. The minimum Gasteiger partial charge on any atom is -0.348 e. The molecule has 0 unspecified atom stereocenters. The van der Waals surface area contributed by atoms with Crippen LogP contribution in [0, 0.1) is 0 Å². The fourth-order valence-corrected chi connectivity index (χ4v) is 2.10. The van der Waals surface area contributed by atoms with E-state index < -0.39 is 0 Å². The van der Waals surface area contributed by atoms with Crippen LogP contribution < -0.4 is 10.2 Å². The van der Waals surface area contributed by atoms with Crippen LogP contribution in [0.15, 0.2) is 18.7 Å². The zero-order valence-electron chi connectivity index (χ0n) is 9.17. The molecule has 1 atom stereocenters. The van der Waals surface area contributed by atoms with Crippen molar-refractivity contribution < 1.29 is 0 Å². The van der Waals surface area contributed by atoms with Crippen molar-refractivity contribution in [2.75, 3.05) is 24.5 Å². The van der Waals surface area contributed by atoms with Gasteiger partial charge in [-0.15, -0.1) is 10.2 Å². The van der Waals surface area contributed by atoms with E-state index in [1.54, 1.807) is 12.5 Å². The van der Waals surface area contributed by atoms with Crippen LogP contribution in [0.1, 0.15) is 6.92 Å². The topological polar surface area (TPSA) is 58.4 Å². The maximum atomic E-state index is 4.43. The fraction of sp³-hybridized carbons (Fsp3) is 0.500. The maximum absolute atomic E-state index is 4.43. The SMILES string of the molecule is C[C@H]1CNCCN1c1nccn2cnnc12. The second-order valence-electron chi connectivity index (χ2n) is 4.06. The van der Waals surface area contributed by atoms with Gasteiger partial charge in [-0.1, -0.05) is 0 Å². The lowest BCUT2D eigenvalue weighted by molar-refractivity contribution is 0.497. The molecular weight excluding hydrogens is 204 g/mol. The monoisotopic (exact) mass is 218 g/mol. The van der Waals surface area contributed by atoms with Gasteiger partial charge in [-0.05, 0) is 6.92 Å². The molecule has 2 aromatic heterocycles. The molecule has 84 valence electrons. The molecule has 2 aromatic rings. The average molecular weight is 218 g/mol. The smallest absolute Gasteiger partial charge is 0.203 e. The Morgan fingerprint density at radius 2 is 2.44 bits per heavy atom. The van der Waals surface area contributed by atoms with Crippen LogP contribution in [0.4, 0.5) is 5.82 Å². The summed E-state index contributed by atoms with van der Waals surface area (Å²) in [6.07, 6.45) is 5.36. The Labute approximate surface area is 93.3 Å². The van der Waals surface area contributed by atoms with E-state index >= 15 is 0 Å². The molecule has 6 nitrogen and oxygen atoms in total. The van der Waals surface area contributed by atoms with Crippen molar-refractivity contribution in [2.45, 2.75) is 13.0 Å². The van der Waals surface area contributed by atoms with Gasteiger partial charge in [0.2, 0.25) is 5.65 Å². The highest BCUT2D eigenvalue weighted by Crippen LogP contribution is 2.19. The number of piperazine rings is 1. The Balaban J connectivity index is 2.07. The summed E-state index contributed by atoms with van der Waals surface area (Å²) >= 11 is 0. The molecule has 1 aliphatic rings. The van der Waals surface area contributed by atoms with Gasteiger partial charge in [0.25, 0.3) is 0 Å². The molecule has 1 aliphatic heterocycles. The number of hydrogen-bond donors (Lipinski definition) is 1. The maximum Gasteiger partial charge on any atom is 0.203 e. The lowest BCUT2D eigenvalue weighted by atomic mass is 10.2. The number of rotatable bonds is 1. The summed E-state index contributed by atoms with van der Waals surface area (Å²) in [7, 11) is 0. The summed E-state index contributed by atoms with van der Waals surface area (Å²) in [5.41, 5.74) is 0.830. The number of nitrogens with zero attached hydrogens (tertiary/aromatic N) is 5. The number of hydrogen-bond acceptors (Lipinski definition) is 5. The number of fused-ring (bicyclic) bond motifs is 1. The molecule has 0 bridgehead atoms. The van der Waals surface area contributed by atoms with Crippen molar-refractivity contribution in [2.24, 2.45) is 0 Å². The van der Waals surface area contributed by atoms with Crippen molar-refractivity contribution in [3.8, 4) is 0 Å². The van der Waals surface area contributed by atoms with Crippen molar-refractivity contribution in [3.63, 3.8) is 0 Å². The Hall–Kier alpha value is -1.69. The number of aromatic nitrogens is 4. The highest BCUT2D eigenvalue weighted by molar-refractivity contribution is 5.63. The van der Waals surface area contributed by atoms with E-state index in [9.17, 15) is 0 Å². The lowest BCUT2D eigenvalue weighted by Gasteiger charge is -2.34. The first-order chi connectivity index (χ1) is 7.86. The lowest BCUT2D eigenvalue weighted by Crippen LogP contribution is -2.50. The third kappa shape index (κ3) is 1.42. The van der Waals surface area contributed by atoms with Crippen molar-refractivity contribution >= 4 is 11.5 Å². The zero-order valence-corrected chi connectivity index (χ0v) is 9.17. The van der Waals surface area contributed by atoms with Gasteiger partial charge in [0.05, 0.1) is 0 Å². The van der Waals surface area contributed by atoms with E-state index in [1.807, 2.05) is 10.6 Å². The zero-order chi connectivity index (χ0) is 11.0. The molecule has 1 fully saturated rings.